The fourth-order valence-corrected chi connectivity index (χ4v) is 8.36. The molecule has 0 aliphatic heterocycles. The Balaban J connectivity index is 1.17. The van der Waals surface area contributed by atoms with Crippen LogP contribution in [0.25, 0.3) is 98.7 Å². The van der Waals surface area contributed by atoms with Crippen LogP contribution >= 0.6 is 0 Å². The standard InChI is InChI=1S/C52H34/c1-3-15-36(16-4-1)42-26-14-28-45-41(33-34-43(51(42)45)37-17-5-2-6-18-37)38-29-31-39(32-30-38)50-46-22-9-11-24-48(46)52(49-25-12-10-23-47(49)50)44-27-13-20-35-19-7-8-21-40(35)44/h1-34H. The van der Waals surface area contributed by atoms with Gasteiger partial charge in [-0.3, -0.25) is 0 Å². The van der Waals surface area contributed by atoms with Crippen LogP contribution in [-0.4, -0.2) is 0 Å². The lowest BCUT2D eigenvalue weighted by atomic mass is 9.84. The fraction of sp³-hybridized carbons (Fsp3) is 0. The molecule has 0 nitrogen and oxygen atoms in total. The predicted molar refractivity (Wildman–Crippen MR) is 224 cm³/mol. The van der Waals surface area contributed by atoms with Crippen LogP contribution in [0.3, 0.4) is 0 Å². The highest BCUT2D eigenvalue weighted by Crippen LogP contribution is 2.46. The zero-order valence-electron chi connectivity index (χ0n) is 28.6. The zero-order valence-corrected chi connectivity index (χ0v) is 28.6. The third kappa shape index (κ3) is 4.92. The summed E-state index contributed by atoms with van der Waals surface area (Å²) in [5, 5.41) is 10.1. The summed E-state index contributed by atoms with van der Waals surface area (Å²) in [7, 11) is 0. The Morgan fingerprint density at radius 3 is 1.23 bits per heavy atom. The van der Waals surface area contributed by atoms with Crippen molar-refractivity contribution in [2.24, 2.45) is 0 Å². The van der Waals surface area contributed by atoms with Gasteiger partial charge in [0.2, 0.25) is 0 Å². The zero-order chi connectivity index (χ0) is 34.4. The van der Waals surface area contributed by atoms with Crippen molar-refractivity contribution in [3.63, 3.8) is 0 Å². The molecule has 0 spiro atoms. The summed E-state index contributed by atoms with van der Waals surface area (Å²) in [5.74, 6) is 0. The number of rotatable bonds is 5. The van der Waals surface area contributed by atoms with Crippen molar-refractivity contribution in [1.29, 1.82) is 0 Å². The summed E-state index contributed by atoms with van der Waals surface area (Å²) >= 11 is 0. The van der Waals surface area contributed by atoms with E-state index in [1.165, 1.54) is 98.7 Å². The van der Waals surface area contributed by atoms with Crippen LogP contribution < -0.4 is 0 Å². The molecule has 0 radical (unpaired) electrons. The number of benzene rings is 10. The van der Waals surface area contributed by atoms with Gasteiger partial charge in [-0.05, 0) is 98.7 Å². The summed E-state index contributed by atoms with van der Waals surface area (Å²) < 4.78 is 0. The number of hydrogen-bond acceptors (Lipinski definition) is 0. The van der Waals surface area contributed by atoms with Gasteiger partial charge in [-0.15, -0.1) is 0 Å². The van der Waals surface area contributed by atoms with Crippen LogP contribution in [0, 0.1) is 0 Å². The topological polar surface area (TPSA) is 0 Å². The SMILES string of the molecule is c1ccc(-c2cccc3c(-c4ccc(-c5c6ccccc6c(-c6cccc7ccccc67)c6ccccc56)cc4)ccc(-c4ccccc4)c23)cc1. The Bertz CT molecular complexity index is 2810. The maximum atomic E-state index is 2.32. The van der Waals surface area contributed by atoms with Gasteiger partial charge < -0.3 is 0 Å². The molecule has 0 aromatic heterocycles. The molecule has 0 aliphatic carbocycles. The van der Waals surface area contributed by atoms with Crippen LogP contribution in [0.15, 0.2) is 206 Å². The number of hydrogen-bond donors (Lipinski definition) is 0. The second-order valence-electron chi connectivity index (χ2n) is 13.6. The summed E-state index contributed by atoms with van der Waals surface area (Å²) in [6.07, 6.45) is 0. The van der Waals surface area contributed by atoms with E-state index >= 15 is 0 Å². The first kappa shape index (κ1) is 30.1. The Kier molecular flexibility index (Phi) is 7.25. The summed E-state index contributed by atoms with van der Waals surface area (Å²) in [5.41, 5.74) is 12.5. The molecular weight excluding hydrogens is 625 g/mol. The van der Waals surface area contributed by atoms with Crippen LogP contribution in [-0.2, 0) is 0 Å². The van der Waals surface area contributed by atoms with Crippen molar-refractivity contribution >= 4 is 43.1 Å². The molecule has 0 saturated heterocycles. The molecule has 0 bridgehead atoms. The first-order chi connectivity index (χ1) is 25.8. The smallest absolute Gasteiger partial charge is 0.00201 e. The molecule has 0 unspecified atom stereocenters. The molecule has 10 aromatic rings. The third-order valence-corrected chi connectivity index (χ3v) is 10.7. The molecule has 0 saturated carbocycles. The molecule has 0 N–H and O–H groups in total. The molecule has 10 rings (SSSR count). The van der Waals surface area contributed by atoms with Crippen LogP contribution in [0.5, 0.6) is 0 Å². The maximum Gasteiger partial charge on any atom is -0.00201 e. The Morgan fingerprint density at radius 2 is 0.596 bits per heavy atom. The van der Waals surface area contributed by atoms with Gasteiger partial charge in [0, 0.05) is 0 Å². The monoisotopic (exact) mass is 658 g/mol. The van der Waals surface area contributed by atoms with Crippen molar-refractivity contribution in [2.75, 3.05) is 0 Å². The summed E-state index contributed by atoms with van der Waals surface area (Å²) in [6.45, 7) is 0. The van der Waals surface area contributed by atoms with E-state index in [-0.39, 0.29) is 0 Å². The van der Waals surface area contributed by atoms with Gasteiger partial charge in [0.05, 0.1) is 0 Å². The molecule has 0 heteroatoms. The van der Waals surface area contributed by atoms with Gasteiger partial charge in [0.1, 0.15) is 0 Å². The number of fused-ring (bicyclic) bond motifs is 4. The third-order valence-electron chi connectivity index (χ3n) is 10.7. The first-order valence-electron chi connectivity index (χ1n) is 18.0. The van der Waals surface area contributed by atoms with Crippen molar-refractivity contribution < 1.29 is 0 Å². The lowest BCUT2D eigenvalue weighted by molar-refractivity contribution is 1.60. The minimum Gasteiger partial charge on any atom is -0.0622 e. The molecule has 0 fully saturated rings. The second-order valence-corrected chi connectivity index (χ2v) is 13.6. The van der Waals surface area contributed by atoms with Gasteiger partial charge in [0.25, 0.3) is 0 Å². The highest BCUT2D eigenvalue weighted by Gasteiger charge is 2.19. The molecule has 10 aromatic carbocycles. The van der Waals surface area contributed by atoms with E-state index in [9.17, 15) is 0 Å². The van der Waals surface area contributed by atoms with Gasteiger partial charge in [0.15, 0.2) is 0 Å². The molecule has 242 valence electrons. The van der Waals surface area contributed by atoms with Crippen molar-refractivity contribution in [1.82, 2.24) is 0 Å². The first-order valence-corrected chi connectivity index (χ1v) is 18.0. The minimum atomic E-state index is 1.21. The van der Waals surface area contributed by atoms with Crippen molar-refractivity contribution in [2.45, 2.75) is 0 Å². The fourth-order valence-electron chi connectivity index (χ4n) is 8.36. The van der Waals surface area contributed by atoms with Crippen LogP contribution in [0.2, 0.25) is 0 Å². The van der Waals surface area contributed by atoms with Gasteiger partial charge in [-0.2, -0.15) is 0 Å². The molecule has 0 amide bonds. The van der Waals surface area contributed by atoms with Crippen LogP contribution in [0.4, 0.5) is 0 Å². The Labute approximate surface area is 303 Å². The predicted octanol–water partition coefficient (Wildman–Crippen LogP) is 14.6. The quantitative estimate of drug-likeness (QED) is 0.161. The average molecular weight is 659 g/mol. The van der Waals surface area contributed by atoms with E-state index in [0.29, 0.717) is 0 Å². The highest BCUT2D eigenvalue weighted by atomic mass is 14.2. The maximum absolute atomic E-state index is 2.32. The van der Waals surface area contributed by atoms with Crippen molar-refractivity contribution in [3.8, 4) is 55.6 Å². The normalized spacial score (nSPS) is 11.5. The minimum absolute atomic E-state index is 1.21. The average Bonchev–Trinajstić information content (AvgIpc) is 3.23. The van der Waals surface area contributed by atoms with Crippen LogP contribution in [0.1, 0.15) is 0 Å². The van der Waals surface area contributed by atoms with E-state index in [1.807, 2.05) is 0 Å². The second kappa shape index (κ2) is 12.5. The molecule has 0 atom stereocenters. The van der Waals surface area contributed by atoms with E-state index in [1.54, 1.807) is 0 Å². The van der Waals surface area contributed by atoms with Gasteiger partial charge in [-0.1, -0.05) is 206 Å². The Hall–Kier alpha value is -6.76. The van der Waals surface area contributed by atoms with Gasteiger partial charge >= 0.3 is 0 Å². The summed E-state index contributed by atoms with van der Waals surface area (Å²) in [6, 6.07) is 75.4. The van der Waals surface area contributed by atoms with E-state index in [4.69, 9.17) is 0 Å². The van der Waals surface area contributed by atoms with E-state index in [0.717, 1.165) is 0 Å². The van der Waals surface area contributed by atoms with E-state index < -0.39 is 0 Å². The molecule has 0 heterocycles. The van der Waals surface area contributed by atoms with Crippen molar-refractivity contribution in [3.05, 3.63) is 206 Å². The molecule has 0 aliphatic rings. The van der Waals surface area contributed by atoms with Gasteiger partial charge in [-0.25, -0.2) is 0 Å². The Morgan fingerprint density at radius 1 is 0.192 bits per heavy atom. The molecule has 52 heavy (non-hydrogen) atoms. The molecular formula is C52H34. The van der Waals surface area contributed by atoms with E-state index in [2.05, 4.69) is 206 Å². The lowest BCUT2D eigenvalue weighted by Crippen LogP contribution is -1.92. The lowest BCUT2D eigenvalue weighted by Gasteiger charge is -2.19. The highest BCUT2D eigenvalue weighted by molar-refractivity contribution is 6.23. The largest absolute Gasteiger partial charge is 0.0622 e. The summed E-state index contributed by atoms with van der Waals surface area (Å²) in [4.78, 5) is 0.